The van der Waals surface area contributed by atoms with Crippen LogP contribution in [0.15, 0.2) is 9.56 Å². The maximum absolute atomic E-state index is 10.7. The van der Waals surface area contributed by atoms with Crippen LogP contribution in [0.3, 0.4) is 0 Å². The molecule has 0 aromatic heterocycles. The lowest BCUT2D eigenvalue weighted by Gasteiger charge is -2.12. The summed E-state index contributed by atoms with van der Waals surface area (Å²) in [7, 11) is -10.5. The fourth-order valence-corrected chi connectivity index (χ4v) is 4.20. The maximum atomic E-state index is 10.7. The van der Waals surface area contributed by atoms with E-state index in [9.17, 15) is 20.2 Å². The Balaban J connectivity index is 6.08. The van der Waals surface area contributed by atoms with E-state index in [1.807, 2.05) is 9.82 Å². The minimum atomic E-state index is -5.23. The van der Waals surface area contributed by atoms with Gasteiger partial charge in [-0.25, -0.2) is 0 Å². The van der Waals surface area contributed by atoms with Crippen molar-refractivity contribution < 1.29 is 13.3 Å². The van der Waals surface area contributed by atoms with Crippen LogP contribution >= 0.6 is 0 Å². The van der Waals surface area contributed by atoms with E-state index < -0.39 is 26.5 Å². The third-order valence-electron chi connectivity index (χ3n) is 1.43. The highest BCUT2D eigenvalue weighted by Crippen LogP contribution is 2.18. The van der Waals surface area contributed by atoms with Gasteiger partial charge in [-0.15, -0.1) is 0 Å². The summed E-state index contributed by atoms with van der Waals surface area (Å²) >= 11 is 0. The molecule has 0 rings (SSSR count). The molecule has 0 amide bonds. The molecule has 2 atom stereocenters. The first kappa shape index (κ1) is 15.8. The van der Waals surface area contributed by atoms with Crippen LogP contribution in [0.25, 0.3) is 20.9 Å². The molecule has 0 saturated carbocycles. The first-order valence-corrected chi connectivity index (χ1v) is 7.39. The van der Waals surface area contributed by atoms with Crippen LogP contribution < -0.4 is 0 Å². The zero-order chi connectivity index (χ0) is 15.1. The average Bonchev–Trinajstić information content (AvgIpc) is 2.36. The predicted octanol–water partition coefficient (Wildman–Crippen LogP) is 0.180. The van der Waals surface area contributed by atoms with Crippen molar-refractivity contribution in [2.24, 2.45) is 9.56 Å². The number of azide groups is 2. The lowest BCUT2D eigenvalue weighted by molar-refractivity contribution is -0.380. The van der Waals surface area contributed by atoms with Crippen LogP contribution in [-0.2, 0) is 4.12 Å². The van der Waals surface area contributed by atoms with Crippen LogP contribution in [0, 0.1) is 42.1 Å². The maximum Gasteiger partial charge on any atom is 0.766 e. The summed E-state index contributed by atoms with van der Waals surface area (Å²) in [6, 6.07) is 0. The molecule has 17 heteroatoms. The van der Waals surface area contributed by atoms with Crippen molar-refractivity contribution in [1.82, 2.24) is 0 Å². The molecule has 0 aliphatic carbocycles. The van der Waals surface area contributed by atoms with Gasteiger partial charge < -0.3 is 4.12 Å². The smallest absolute Gasteiger partial charge is 0.317 e. The highest BCUT2D eigenvalue weighted by Gasteiger charge is 2.70. The van der Waals surface area contributed by atoms with Crippen molar-refractivity contribution in [3.63, 3.8) is 0 Å². The summed E-state index contributed by atoms with van der Waals surface area (Å²) in [6.45, 7) is 0. The first-order chi connectivity index (χ1) is 8.84. The van der Waals surface area contributed by atoms with Crippen molar-refractivity contribution in [2.45, 2.75) is 0 Å². The number of hydrogen-bond donors (Lipinski definition) is 0. The summed E-state index contributed by atoms with van der Waals surface area (Å²) in [5.74, 6) is 0. The number of nitrogens with zero attached hydrogens (tertiary/aromatic N) is 10. The van der Waals surface area contributed by atoms with E-state index in [2.05, 4.69) is 13.7 Å². The van der Waals surface area contributed by atoms with Gasteiger partial charge in [0.2, 0.25) is 0 Å². The van der Waals surface area contributed by atoms with Crippen molar-refractivity contribution >= 4 is 17.3 Å². The first-order valence-electron chi connectivity index (χ1n) is 3.78. The van der Waals surface area contributed by atoms with Gasteiger partial charge in [-0.3, -0.25) is 20.2 Å². The van der Waals surface area contributed by atoms with Crippen LogP contribution in [0.2, 0.25) is 0 Å². The van der Waals surface area contributed by atoms with E-state index >= 15 is 0 Å². The van der Waals surface area contributed by atoms with Gasteiger partial charge in [0.1, 0.15) is 11.4 Å². The predicted molar refractivity (Wildman–Crippen MR) is 56.1 cm³/mol. The van der Waals surface area contributed by atoms with E-state index in [-0.39, 0.29) is 0 Å². The lowest BCUT2D eigenvalue weighted by Crippen LogP contribution is -2.58. The van der Waals surface area contributed by atoms with Crippen LogP contribution in [0.5, 0.6) is 0 Å². The van der Waals surface area contributed by atoms with Crippen molar-refractivity contribution in [3.8, 4) is 11.4 Å². The van der Waals surface area contributed by atoms with Crippen LogP contribution in [0.4, 0.5) is 0 Å². The van der Waals surface area contributed by atoms with Gasteiger partial charge >= 0.3 is 17.3 Å². The van der Waals surface area contributed by atoms with Crippen molar-refractivity contribution in [3.05, 3.63) is 41.1 Å². The highest BCUT2D eigenvalue weighted by atomic mass is 28.4. The lowest BCUT2D eigenvalue weighted by atomic mass is 11.8. The zero-order valence-electron chi connectivity index (χ0n) is 8.51. The standard InChI is InChI=1S/C2N10O5Si2/c3-1-18(9-7-5,11(13)14)17-19(2-4,10-8-6)12(15)16. The molecule has 2 unspecified atom stereocenters. The Kier molecular flexibility index (Phi) is 4.93. The molecule has 0 fully saturated rings. The molecule has 0 saturated heterocycles. The van der Waals surface area contributed by atoms with Gasteiger partial charge in [0.25, 0.3) is 0 Å². The van der Waals surface area contributed by atoms with Crippen molar-refractivity contribution in [1.29, 1.82) is 10.5 Å². The second-order valence-corrected chi connectivity index (χ2v) is 7.26. The third-order valence-corrected chi connectivity index (χ3v) is 6.00. The van der Waals surface area contributed by atoms with E-state index in [4.69, 9.17) is 21.6 Å². The molecular weight excluding hydrogens is 300 g/mol. The van der Waals surface area contributed by atoms with Gasteiger partial charge in [-0.05, 0) is 20.2 Å². The Morgan fingerprint density at radius 3 is 1.53 bits per heavy atom. The van der Waals surface area contributed by atoms with E-state index in [0.717, 1.165) is 11.4 Å². The minimum Gasteiger partial charge on any atom is -0.317 e. The summed E-state index contributed by atoms with van der Waals surface area (Å²) in [5, 5.41) is 38.6. The molecular formula is C2N10O5Si2. The molecule has 0 aliphatic rings. The summed E-state index contributed by atoms with van der Waals surface area (Å²) in [6.07, 6.45) is 0. The molecule has 19 heavy (non-hydrogen) atoms. The van der Waals surface area contributed by atoms with Crippen molar-refractivity contribution in [2.75, 3.05) is 0 Å². The number of hydrogen-bond acceptors (Lipinski definition) is 9. The monoisotopic (exact) mass is 300 g/mol. The average molecular weight is 300 g/mol. The second kappa shape index (κ2) is 5.93. The quantitative estimate of drug-likeness (QED) is 0.164. The van der Waals surface area contributed by atoms with Crippen LogP contribution in [-0.4, -0.2) is 26.5 Å². The second-order valence-electron chi connectivity index (χ2n) is 2.44. The van der Waals surface area contributed by atoms with Gasteiger partial charge in [-0.2, -0.15) is 10.5 Å². The molecule has 0 bridgehead atoms. The number of nitro groups is 2. The Morgan fingerprint density at radius 2 is 1.37 bits per heavy atom. The molecule has 96 valence electrons. The summed E-state index contributed by atoms with van der Waals surface area (Å²) < 4.78 is 6.34. The Hall–Kier alpha value is -3.21. The topological polar surface area (TPSA) is 241 Å². The van der Waals surface area contributed by atoms with Crippen LogP contribution in [0.1, 0.15) is 0 Å². The van der Waals surface area contributed by atoms with E-state index in [1.165, 1.54) is 0 Å². The van der Waals surface area contributed by atoms with Gasteiger partial charge in [-0.1, -0.05) is 0 Å². The molecule has 0 N–H and O–H groups in total. The van der Waals surface area contributed by atoms with Gasteiger partial charge in [0.05, 0.1) is 0 Å². The Morgan fingerprint density at radius 1 is 1.05 bits per heavy atom. The molecule has 0 spiro atoms. The Bertz CT molecular complexity index is 532. The van der Waals surface area contributed by atoms with E-state index in [0.29, 0.717) is 0 Å². The Labute approximate surface area is 104 Å². The fraction of sp³-hybridized carbons (Fsp3) is 0. The minimum absolute atomic E-state index is 0.912. The normalized spacial score (nSPS) is 15.1. The van der Waals surface area contributed by atoms with Gasteiger partial charge in [0.15, 0.2) is 0 Å². The molecule has 0 aromatic rings. The zero-order valence-corrected chi connectivity index (χ0v) is 10.5. The summed E-state index contributed by atoms with van der Waals surface area (Å²) in [4.78, 5) is 25.3. The summed E-state index contributed by atoms with van der Waals surface area (Å²) in [5.41, 5.74) is 18.1. The molecule has 15 nitrogen and oxygen atoms in total. The fourth-order valence-electron chi connectivity index (χ4n) is 0.680. The van der Waals surface area contributed by atoms with Gasteiger partial charge in [0, 0.05) is 19.4 Å². The highest BCUT2D eigenvalue weighted by molar-refractivity contribution is 6.85. The SMILES string of the molecule is N#C[Si](N=[N+]=[N-])(O[Si](C#N)(N=[N+]=[N-])[N+](=O)[O-])[N+](=O)[O-]. The molecule has 0 heterocycles. The largest absolute Gasteiger partial charge is 0.766 e. The third kappa shape index (κ3) is 2.92. The number of nitriles is 2. The molecule has 0 aliphatic heterocycles. The van der Waals surface area contributed by atoms with E-state index in [1.54, 1.807) is 0 Å². The molecule has 0 aromatic carbocycles. The molecule has 0 radical (unpaired) electrons. The number of rotatable bonds is 6.